The number of ether oxygens (including phenoxy) is 1. The SMILES string of the molecule is CCOC(=O)C1CC12CCN(c1c(F)cc(Br)cc1F)CC2. The zero-order valence-electron chi connectivity index (χ0n) is 12.4. The van der Waals surface area contributed by atoms with E-state index < -0.39 is 11.6 Å². The minimum atomic E-state index is -0.555. The number of benzene rings is 1. The topological polar surface area (TPSA) is 29.5 Å². The van der Waals surface area contributed by atoms with Gasteiger partial charge in [0.05, 0.1) is 12.5 Å². The molecule has 0 bridgehead atoms. The van der Waals surface area contributed by atoms with Crippen molar-refractivity contribution in [2.75, 3.05) is 24.6 Å². The Morgan fingerprint density at radius 3 is 2.50 bits per heavy atom. The lowest BCUT2D eigenvalue weighted by Crippen LogP contribution is -2.37. The summed E-state index contributed by atoms with van der Waals surface area (Å²) < 4.78 is 33.5. The first-order chi connectivity index (χ1) is 10.5. The molecule has 1 spiro atoms. The summed E-state index contributed by atoms with van der Waals surface area (Å²) in [5.74, 6) is -1.27. The van der Waals surface area contributed by atoms with Gasteiger partial charge in [-0.15, -0.1) is 0 Å². The molecule has 0 amide bonds. The fourth-order valence-electron chi connectivity index (χ4n) is 3.49. The third kappa shape index (κ3) is 2.73. The van der Waals surface area contributed by atoms with Crippen molar-refractivity contribution >= 4 is 27.6 Å². The van der Waals surface area contributed by atoms with Crippen LogP contribution in [0.3, 0.4) is 0 Å². The lowest BCUT2D eigenvalue weighted by molar-refractivity contribution is -0.145. The summed E-state index contributed by atoms with van der Waals surface area (Å²) in [6.07, 6.45) is 2.38. The first kappa shape index (κ1) is 15.7. The Morgan fingerprint density at radius 1 is 1.36 bits per heavy atom. The van der Waals surface area contributed by atoms with Crippen LogP contribution in [0.15, 0.2) is 16.6 Å². The predicted molar refractivity (Wildman–Crippen MR) is 82.7 cm³/mol. The van der Waals surface area contributed by atoms with Crippen LogP contribution in [-0.4, -0.2) is 25.7 Å². The second kappa shape index (κ2) is 5.80. The Labute approximate surface area is 136 Å². The number of hydrogen-bond acceptors (Lipinski definition) is 3. The van der Waals surface area contributed by atoms with E-state index >= 15 is 0 Å². The molecule has 2 fully saturated rings. The van der Waals surface area contributed by atoms with E-state index in [1.54, 1.807) is 11.8 Å². The predicted octanol–water partition coefficient (Wildman–Crippen LogP) is 3.90. The van der Waals surface area contributed by atoms with Crippen LogP contribution in [-0.2, 0) is 9.53 Å². The number of carbonyl (C=O) groups excluding carboxylic acids is 1. The van der Waals surface area contributed by atoms with Gasteiger partial charge >= 0.3 is 5.97 Å². The second-order valence-corrected chi connectivity index (χ2v) is 6.99. The van der Waals surface area contributed by atoms with Crippen LogP contribution >= 0.6 is 15.9 Å². The molecule has 1 unspecified atom stereocenters. The average Bonchev–Trinajstić information content (AvgIpc) is 3.14. The van der Waals surface area contributed by atoms with Crippen molar-refractivity contribution in [1.82, 2.24) is 0 Å². The summed E-state index contributed by atoms with van der Waals surface area (Å²) >= 11 is 3.09. The van der Waals surface area contributed by atoms with Gasteiger partial charge in [0.15, 0.2) is 11.6 Å². The summed E-state index contributed by atoms with van der Waals surface area (Å²) in [5, 5.41) is 0. The van der Waals surface area contributed by atoms with Gasteiger partial charge in [0.1, 0.15) is 5.69 Å². The van der Waals surface area contributed by atoms with Gasteiger partial charge < -0.3 is 9.64 Å². The summed E-state index contributed by atoms with van der Waals surface area (Å²) in [4.78, 5) is 13.6. The van der Waals surface area contributed by atoms with E-state index in [0.29, 0.717) is 24.2 Å². The smallest absolute Gasteiger partial charge is 0.309 e. The third-order valence-electron chi connectivity index (χ3n) is 4.82. The molecule has 1 heterocycles. The molecular weight excluding hydrogens is 356 g/mol. The first-order valence-corrected chi connectivity index (χ1v) is 8.32. The molecule has 3 nitrogen and oxygen atoms in total. The summed E-state index contributed by atoms with van der Waals surface area (Å²) in [6.45, 7) is 3.32. The molecule has 0 aromatic heterocycles. The van der Waals surface area contributed by atoms with Crippen molar-refractivity contribution in [3.05, 3.63) is 28.2 Å². The van der Waals surface area contributed by atoms with Crippen LogP contribution in [0.25, 0.3) is 0 Å². The van der Waals surface area contributed by atoms with E-state index in [9.17, 15) is 13.6 Å². The van der Waals surface area contributed by atoms with Crippen molar-refractivity contribution in [2.24, 2.45) is 11.3 Å². The lowest BCUT2D eigenvalue weighted by Gasteiger charge is -2.34. The Hall–Kier alpha value is -1.17. The molecule has 6 heteroatoms. The van der Waals surface area contributed by atoms with Gasteiger partial charge in [0.25, 0.3) is 0 Å². The fourth-order valence-corrected chi connectivity index (χ4v) is 3.89. The van der Waals surface area contributed by atoms with Gasteiger partial charge in [0, 0.05) is 17.6 Å². The van der Waals surface area contributed by atoms with E-state index in [1.165, 1.54) is 12.1 Å². The number of carbonyl (C=O) groups is 1. The van der Waals surface area contributed by atoms with E-state index in [0.717, 1.165) is 19.3 Å². The van der Waals surface area contributed by atoms with Crippen LogP contribution < -0.4 is 4.90 Å². The van der Waals surface area contributed by atoms with E-state index in [4.69, 9.17) is 4.74 Å². The van der Waals surface area contributed by atoms with Gasteiger partial charge in [0.2, 0.25) is 0 Å². The maximum absolute atomic E-state index is 14.0. The highest BCUT2D eigenvalue weighted by atomic mass is 79.9. The number of hydrogen-bond donors (Lipinski definition) is 0. The number of halogens is 3. The number of esters is 1. The Kier molecular flexibility index (Phi) is 4.14. The molecule has 1 aromatic rings. The van der Waals surface area contributed by atoms with Crippen molar-refractivity contribution in [1.29, 1.82) is 0 Å². The zero-order chi connectivity index (χ0) is 15.9. The van der Waals surface area contributed by atoms with E-state index in [2.05, 4.69) is 15.9 Å². The molecule has 1 aromatic carbocycles. The number of anilines is 1. The number of piperidine rings is 1. The molecule has 1 atom stereocenters. The number of rotatable bonds is 3. The maximum atomic E-state index is 14.0. The Bertz CT molecular complexity index is 577. The molecule has 1 saturated heterocycles. The van der Waals surface area contributed by atoms with Gasteiger partial charge in [-0.25, -0.2) is 8.78 Å². The molecule has 0 N–H and O–H groups in total. The van der Waals surface area contributed by atoms with Crippen molar-refractivity contribution in [3.8, 4) is 0 Å². The molecule has 1 aliphatic carbocycles. The number of nitrogens with zero attached hydrogens (tertiary/aromatic N) is 1. The molecule has 1 saturated carbocycles. The van der Waals surface area contributed by atoms with Gasteiger partial charge in [-0.2, -0.15) is 0 Å². The summed E-state index contributed by atoms with van der Waals surface area (Å²) in [6, 6.07) is 2.56. The van der Waals surface area contributed by atoms with Gasteiger partial charge in [-0.3, -0.25) is 4.79 Å². The largest absolute Gasteiger partial charge is 0.466 e. The normalized spacial score (nSPS) is 22.7. The first-order valence-electron chi connectivity index (χ1n) is 7.53. The van der Waals surface area contributed by atoms with Crippen LogP contribution in [0.1, 0.15) is 26.2 Å². The van der Waals surface area contributed by atoms with Crippen molar-refractivity contribution < 1.29 is 18.3 Å². The molecule has 0 radical (unpaired) electrons. The Morgan fingerprint density at radius 2 is 1.95 bits per heavy atom. The van der Waals surface area contributed by atoms with Gasteiger partial charge in [-0.1, -0.05) is 15.9 Å². The molecule has 2 aliphatic rings. The van der Waals surface area contributed by atoms with Crippen LogP contribution in [0, 0.1) is 23.0 Å². The maximum Gasteiger partial charge on any atom is 0.309 e. The summed E-state index contributed by atoms with van der Waals surface area (Å²) in [7, 11) is 0. The quantitative estimate of drug-likeness (QED) is 0.752. The lowest BCUT2D eigenvalue weighted by atomic mass is 9.90. The minimum Gasteiger partial charge on any atom is -0.466 e. The molecule has 3 rings (SSSR count). The zero-order valence-corrected chi connectivity index (χ0v) is 14.0. The minimum absolute atomic E-state index is 0.00886. The fraction of sp³-hybridized carbons (Fsp3) is 0.562. The molecule has 120 valence electrons. The average molecular weight is 374 g/mol. The molecule has 1 aliphatic heterocycles. The van der Waals surface area contributed by atoms with E-state index in [-0.39, 0.29) is 23.0 Å². The highest BCUT2D eigenvalue weighted by Gasteiger charge is 2.59. The molecule has 22 heavy (non-hydrogen) atoms. The highest BCUT2D eigenvalue weighted by molar-refractivity contribution is 9.10. The van der Waals surface area contributed by atoms with Crippen LogP contribution in [0.2, 0.25) is 0 Å². The van der Waals surface area contributed by atoms with Crippen molar-refractivity contribution in [3.63, 3.8) is 0 Å². The monoisotopic (exact) mass is 373 g/mol. The standard InChI is InChI=1S/C16H18BrF2NO2/c1-2-22-15(21)11-9-16(11)3-5-20(6-4-16)14-12(18)7-10(17)8-13(14)19/h7-8,11H,2-6,9H2,1H3. The van der Waals surface area contributed by atoms with Crippen molar-refractivity contribution in [2.45, 2.75) is 26.2 Å². The van der Waals surface area contributed by atoms with E-state index in [1.807, 2.05) is 0 Å². The summed E-state index contributed by atoms with van der Waals surface area (Å²) in [5.41, 5.74) is 0.0248. The third-order valence-corrected chi connectivity index (χ3v) is 5.28. The Balaban J connectivity index is 1.68. The molecular formula is C16H18BrF2NO2. The van der Waals surface area contributed by atoms with Crippen LogP contribution in [0.5, 0.6) is 0 Å². The van der Waals surface area contributed by atoms with Crippen LogP contribution in [0.4, 0.5) is 14.5 Å². The van der Waals surface area contributed by atoms with Gasteiger partial charge in [-0.05, 0) is 43.7 Å². The highest BCUT2D eigenvalue weighted by Crippen LogP contribution is 2.60. The second-order valence-electron chi connectivity index (χ2n) is 6.08.